The van der Waals surface area contributed by atoms with E-state index in [9.17, 15) is 13.2 Å². The summed E-state index contributed by atoms with van der Waals surface area (Å²) in [5.41, 5.74) is 0.394. The molecule has 4 heterocycles. The molecule has 2 aliphatic carbocycles. The van der Waals surface area contributed by atoms with Crippen LogP contribution in [0.5, 0.6) is 0 Å². The highest BCUT2D eigenvalue weighted by Crippen LogP contribution is 2.58. The van der Waals surface area contributed by atoms with Crippen LogP contribution in [-0.2, 0) is 10.9 Å². The third-order valence-electron chi connectivity index (χ3n) is 7.60. The summed E-state index contributed by atoms with van der Waals surface area (Å²) in [5, 5.41) is 0. The van der Waals surface area contributed by atoms with Crippen LogP contribution in [0, 0.1) is 18.8 Å². The molecule has 31 heavy (non-hydrogen) atoms. The molecule has 0 amide bonds. The highest BCUT2D eigenvalue weighted by atomic mass is 19.4. The van der Waals surface area contributed by atoms with Crippen LogP contribution in [0.2, 0.25) is 0 Å². The van der Waals surface area contributed by atoms with E-state index < -0.39 is 11.7 Å². The number of aromatic nitrogens is 3. The number of hydrogen-bond acceptors (Lipinski definition) is 4. The number of piperidine rings is 1. The minimum atomic E-state index is -4.41. The maximum atomic E-state index is 13.4. The normalized spacial score (nSPS) is 29.4. The predicted molar refractivity (Wildman–Crippen MR) is 109 cm³/mol. The minimum Gasteiger partial charge on any atom is -0.381 e. The molecule has 2 saturated carbocycles. The summed E-state index contributed by atoms with van der Waals surface area (Å²) in [5.74, 6) is 2.76. The van der Waals surface area contributed by atoms with E-state index in [1.807, 2.05) is 6.20 Å². The molecule has 3 atom stereocenters. The third-order valence-corrected chi connectivity index (χ3v) is 7.60. The van der Waals surface area contributed by atoms with Crippen molar-refractivity contribution in [3.8, 4) is 11.3 Å². The molecule has 2 aliphatic heterocycles. The van der Waals surface area contributed by atoms with E-state index in [0.29, 0.717) is 41.1 Å². The molecule has 8 heteroatoms. The Morgan fingerprint density at radius 2 is 1.77 bits per heavy atom. The average Bonchev–Trinajstić information content (AvgIpc) is 3.62. The summed E-state index contributed by atoms with van der Waals surface area (Å²) in [6.45, 7) is 5.35. The molecule has 0 aromatic carbocycles. The lowest BCUT2D eigenvalue weighted by molar-refractivity contribution is -0.138. The van der Waals surface area contributed by atoms with Crippen molar-refractivity contribution in [2.45, 2.75) is 56.8 Å². The van der Waals surface area contributed by atoms with Crippen molar-refractivity contribution in [2.75, 3.05) is 26.3 Å². The first-order chi connectivity index (χ1) is 14.9. The molecular formula is C23H27F3N4O. The van der Waals surface area contributed by atoms with Gasteiger partial charge in [-0.2, -0.15) is 13.2 Å². The Hall–Kier alpha value is -1.93. The number of imidazole rings is 1. The van der Waals surface area contributed by atoms with Crippen molar-refractivity contribution in [1.82, 2.24) is 19.4 Å². The van der Waals surface area contributed by atoms with E-state index in [-0.39, 0.29) is 5.69 Å². The first-order valence-electron chi connectivity index (χ1n) is 11.3. The van der Waals surface area contributed by atoms with E-state index in [2.05, 4.69) is 14.5 Å². The van der Waals surface area contributed by atoms with Crippen LogP contribution in [0.4, 0.5) is 13.2 Å². The predicted octanol–water partition coefficient (Wildman–Crippen LogP) is 4.43. The number of alkyl halides is 3. The average molecular weight is 432 g/mol. The van der Waals surface area contributed by atoms with E-state index in [1.165, 1.54) is 19.2 Å². The molecule has 2 aromatic heterocycles. The molecule has 0 bridgehead atoms. The second-order valence-electron chi connectivity index (χ2n) is 9.64. The SMILES string of the molecule is Cc1ncc(-c2cn([C@H]3[C@@H]4CN(C5CCOCC5)C[C@@H]43)c(C3CC3)n2)cc1C(F)(F)F. The second kappa shape index (κ2) is 7.04. The number of likely N-dealkylation sites (tertiary alicyclic amines) is 1. The second-order valence-corrected chi connectivity index (χ2v) is 9.64. The highest BCUT2D eigenvalue weighted by molar-refractivity contribution is 5.59. The number of ether oxygens (including phenoxy) is 1. The van der Waals surface area contributed by atoms with Crippen LogP contribution in [0.15, 0.2) is 18.5 Å². The van der Waals surface area contributed by atoms with E-state index >= 15 is 0 Å². The van der Waals surface area contributed by atoms with E-state index in [1.54, 1.807) is 0 Å². The summed E-state index contributed by atoms with van der Waals surface area (Å²) >= 11 is 0. The zero-order chi connectivity index (χ0) is 21.3. The van der Waals surface area contributed by atoms with Crippen molar-refractivity contribution < 1.29 is 17.9 Å². The van der Waals surface area contributed by atoms with Crippen LogP contribution in [-0.4, -0.2) is 51.8 Å². The smallest absolute Gasteiger partial charge is 0.381 e. The number of halogens is 3. The van der Waals surface area contributed by atoms with Gasteiger partial charge in [0.15, 0.2) is 0 Å². The van der Waals surface area contributed by atoms with Crippen molar-refractivity contribution in [3.05, 3.63) is 35.5 Å². The van der Waals surface area contributed by atoms with Crippen molar-refractivity contribution >= 4 is 0 Å². The quantitative estimate of drug-likeness (QED) is 0.717. The zero-order valence-electron chi connectivity index (χ0n) is 17.6. The zero-order valence-corrected chi connectivity index (χ0v) is 17.6. The number of hydrogen-bond donors (Lipinski definition) is 0. The monoisotopic (exact) mass is 432 g/mol. The largest absolute Gasteiger partial charge is 0.418 e. The van der Waals surface area contributed by atoms with Gasteiger partial charge in [-0.1, -0.05) is 0 Å². The minimum absolute atomic E-state index is 0.00280. The fraction of sp³-hybridized carbons (Fsp3) is 0.652. The standard InChI is InChI=1S/C23H27F3N4O/c1-13-19(23(24,25)26)8-15(9-27-13)20-12-30(22(28-20)14-2-3-14)21-17-10-29(11-18(17)21)16-4-6-31-7-5-16/h8-9,12,14,16-18,21H,2-7,10-11H2,1H3/t17-,18+,21+. The molecule has 166 valence electrons. The summed E-state index contributed by atoms with van der Waals surface area (Å²) in [6.07, 6.45) is 3.58. The lowest BCUT2D eigenvalue weighted by Crippen LogP contribution is -2.39. The Balaban J connectivity index is 1.25. The summed E-state index contributed by atoms with van der Waals surface area (Å²) < 4.78 is 47.9. The maximum absolute atomic E-state index is 13.4. The van der Waals surface area contributed by atoms with Gasteiger partial charge < -0.3 is 9.30 Å². The summed E-state index contributed by atoms with van der Waals surface area (Å²) in [6, 6.07) is 2.28. The molecule has 0 spiro atoms. The highest BCUT2D eigenvalue weighted by Gasteiger charge is 2.58. The Bertz CT molecular complexity index is 981. The maximum Gasteiger partial charge on any atom is 0.418 e. The number of nitrogens with zero attached hydrogens (tertiary/aromatic N) is 4. The van der Waals surface area contributed by atoms with Gasteiger partial charge in [0, 0.05) is 68.0 Å². The van der Waals surface area contributed by atoms with Crippen molar-refractivity contribution in [1.29, 1.82) is 0 Å². The van der Waals surface area contributed by atoms with Gasteiger partial charge >= 0.3 is 6.18 Å². The third kappa shape index (κ3) is 3.48. The molecule has 0 N–H and O–H groups in total. The molecule has 0 radical (unpaired) electrons. The van der Waals surface area contributed by atoms with Gasteiger partial charge in [-0.05, 0) is 50.5 Å². The molecule has 4 aliphatic rings. The van der Waals surface area contributed by atoms with Crippen molar-refractivity contribution in [2.24, 2.45) is 11.8 Å². The first-order valence-corrected chi connectivity index (χ1v) is 11.3. The van der Waals surface area contributed by atoms with Gasteiger partial charge in [-0.15, -0.1) is 0 Å². The van der Waals surface area contributed by atoms with Gasteiger partial charge in [0.05, 0.1) is 11.3 Å². The Morgan fingerprint density at radius 1 is 1.06 bits per heavy atom. The van der Waals surface area contributed by atoms with E-state index in [4.69, 9.17) is 9.72 Å². The van der Waals surface area contributed by atoms with Gasteiger partial charge in [0.2, 0.25) is 0 Å². The number of fused-ring (bicyclic) bond motifs is 1. The van der Waals surface area contributed by atoms with Gasteiger partial charge in [0.25, 0.3) is 0 Å². The molecule has 2 saturated heterocycles. The van der Waals surface area contributed by atoms with Crippen LogP contribution < -0.4 is 0 Å². The topological polar surface area (TPSA) is 43.2 Å². The van der Waals surface area contributed by atoms with E-state index in [0.717, 1.165) is 57.8 Å². The molecule has 6 rings (SSSR count). The van der Waals surface area contributed by atoms with Gasteiger partial charge in [-0.3, -0.25) is 9.88 Å². The van der Waals surface area contributed by atoms with Gasteiger partial charge in [-0.25, -0.2) is 4.98 Å². The molecule has 5 nitrogen and oxygen atoms in total. The molecule has 0 unspecified atom stereocenters. The fourth-order valence-electron chi connectivity index (χ4n) is 5.68. The number of aryl methyl sites for hydroxylation is 1. The Labute approximate surface area is 179 Å². The van der Waals surface area contributed by atoms with Crippen LogP contribution in [0.25, 0.3) is 11.3 Å². The Morgan fingerprint density at radius 3 is 2.42 bits per heavy atom. The molecule has 4 fully saturated rings. The summed E-state index contributed by atoms with van der Waals surface area (Å²) in [7, 11) is 0. The Kier molecular flexibility index (Phi) is 4.48. The number of rotatable bonds is 4. The van der Waals surface area contributed by atoms with Gasteiger partial charge in [0.1, 0.15) is 5.82 Å². The van der Waals surface area contributed by atoms with Crippen LogP contribution in [0.1, 0.15) is 54.7 Å². The lowest BCUT2D eigenvalue weighted by atomic mass is 10.1. The summed E-state index contributed by atoms with van der Waals surface area (Å²) in [4.78, 5) is 11.5. The van der Waals surface area contributed by atoms with Crippen molar-refractivity contribution in [3.63, 3.8) is 0 Å². The lowest BCUT2D eigenvalue weighted by Gasteiger charge is -2.32. The van der Waals surface area contributed by atoms with Crippen LogP contribution in [0.3, 0.4) is 0 Å². The number of pyridine rings is 1. The fourth-order valence-corrected chi connectivity index (χ4v) is 5.68. The van der Waals surface area contributed by atoms with Crippen LogP contribution >= 0.6 is 0 Å². The molecular weight excluding hydrogens is 405 g/mol. The molecule has 2 aromatic rings. The first kappa shape index (κ1) is 19.7.